The lowest BCUT2D eigenvalue weighted by atomic mass is 10.0. The number of hydrogen-bond acceptors (Lipinski definition) is 7. The molecule has 0 saturated carbocycles. The van der Waals surface area contributed by atoms with Gasteiger partial charge in [-0.1, -0.05) is 6.92 Å². The third-order valence-electron chi connectivity index (χ3n) is 3.67. The molecule has 1 aromatic rings. The summed E-state index contributed by atoms with van der Waals surface area (Å²) in [6.07, 6.45) is 3.49. The van der Waals surface area contributed by atoms with Gasteiger partial charge in [0.25, 0.3) is 0 Å². The van der Waals surface area contributed by atoms with Crippen molar-refractivity contribution in [2.75, 3.05) is 37.5 Å². The summed E-state index contributed by atoms with van der Waals surface area (Å²) in [5.41, 5.74) is 2.57. The lowest BCUT2D eigenvalue weighted by Crippen LogP contribution is -2.39. The van der Waals surface area contributed by atoms with Crippen molar-refractivity contribution in [3.05, 3.63) is 11.9 Å². The Morgan fingerprint density at radius 3 is 2.67 bits per heavy atom. The molecule has 2 heterocycles. The van der Waals surface area contributed by atoms with E-state index in [1.165, 1.54) is 13.0 Å². The van der Waals surface area contributed by atoms with Crippen LogP contribution in [-0.2, 0) is 11.3 Å². The van der Waals surface area contributed by atoms with Crippen molar-refractivity contribution < 1.29 is 4.74 Å². The summed E-state index contributed by atoms with van der Waals surface area (Å²) in [4.78, 5) is 11.2. The Balaban J connectivity index is 1.94. The van der Waals surface area contributed by atoms with Crippen LogP contribution in [0.25, 0.3) is 0 Å². The van der Waals surface area contributed by atoms with Crippen LogP contribution < -0.4 is 16.6 Å². The zero-order chi connectivity index (χ0) is 15.1. The van der Waals surface area contributed by atoms with Crippen LogP contribution in [-0.4, -0.2) is 47.7 Å². The van der Waals surface area contributed by atoms with E-state index in [4.69, 9.17) is 10.6 Å². The number of ether oxygens (including phenoxy) is 1. The summed E-state index contributed by atoms with van der Waals surface area (Å²) in [5, 5.41) is 3.49. The van der Waals surface area contributed by atoms with Crippen LogP contribution in [0.5, 0.6) is 0 Å². The van der Waals surface area contributed by atoms with Gasteiger partial charge in [-0.15, -0.1) is 0 Å². The van der Waals surface area contributed by atoms with Gasteiger partial charge in [-0.05, 0) is 25.8 Å². The average molecular weight is 294 g/mol. The predicted molar refractivity (Wildman–Crippen MR) is 83.9 cm³/mol. The molecule has 0 bridgehead atoms. The highest BCUT2D eigenvalue weighted by atomic mass is 16.5. The Labute approximate surface area is 126 Å². The summed E-state index contributed by atoms with van der Waals surface area (Å²) >= 11 is 0. The quantitative estimate of drug-likeness (QED) is 0.514. The zero-order valence-corrected chi connectivity index (χ0v) is 12.9. The minimum atomic E-state index is 0.374. The molecule has 1 fully saturated rings. The van der Waals surface area contributed by atoms with Gasteiger partial charge in [-0.2, -0.15) is 0 Å². The van der Waals surface area contributed by atoms with E-state index in [0.717, 1.165) is 31.7 Å². The Hall–Kier alpha value is -1.44. The minimum absolute atomic E-state index is 0.374. The van der Waals surface area contributed by atoms with Crippen molar-refractivity contribution in [3.63, 3.8) is 0 Å². The maximum atomic E-state index is 5.45. The van der Waals surface area contributed by atoms with Crippen LogP contribution in [0.4, 0.5) is 11.6 Å². The van der Waals surface area contributed by atoms with Gasteiger partial charge >= 0.3 is 0 Å². The summed E-state index contributed by atoms with van der Waals surface area (Å²) in [6.45, 7) is 6.08. The summed E-state index contributed by atoms with van der Waals surface area (Å²) < 4.78 is 5.09. The second-order valence-corrected chi connectivity index (χ2v) is 5.39. The highest BCUT2D eigenvalue weighted by molar-refractivity contribution is 5.47. The van der Waals surface area contributed by atoms with Gasteiger partial charge in [-0.3, -0.25) is 0 Å². The molecule has 0 atom stereocenters. The number of hydrazine groups is 1. The Kier molecular flexibility index (Phi) is 6.16. The fourth-order valence-corrected chi connectivity index (χ4v) is 2.66. The van der Waals surface area contributed by atoms with E-state index in [1.807, 2.05) is 6.07 Å². The van der Waals surface area contributed by atoms with Crippen molar-refractivity contribution in [2.45, 2.75) is 38.8 Å². The van der Waals surface area contributed by atoms with Crippen LogP contribution in [0.15, 0.2) is 6.07 Å². The number of hydrogen-bond donors (Lipinski definition) is 3. The first-order valence-electron chi connectivity index (χ1n) is 7.57. The SMILES string of the molecule is CCCN1CCC(Nc2cc(NN)nc(COC)n2)CC1. The molecule has 1 aromatic heterocycles. The Morgan fingerprint density at radius 2 is 2.05 bits per heavy atom. The molecular weight excluding hydrogens is 268 g/mol. The van der Waals surface area contributed by atoms with Crippen LogP contribution in [0.2, 0.25) is 0 Å². The number of nitrogen functional groups attached to an aromatic ring is 1. The molecule has 7 nitrogen and oxygen atoms in total. The van der Waals surface area contributed by atoms with E-state index >= 15 is 0 Å². The molecular formula is C14H26N6O. The molecule has 0 unspecified atom stereocenters. The largest absolute Gasteiger partial charge is 0.377 e. The minimum Gasteiger partial charge on any atom is -0.377 e. The van der Waals surface area contributed by atoms with E-state index in [-0.39, 0.29) is 0 Å². The zero-order valence-electron chi connectivity index (χ0n) is 12.9. The average Bonchev–Trinajstić information content (AvgIpc) is 2.49. The van der Waals surface area contributed by atoms with Crippen molar-refractivity contribution in [1.29, 1.82) is 0 Å². The topological polar surface area (TPSA) is 88.3 Å². The van der Waals surface area contributed by atoms with Gasteiger partial charge in [0.1, 0.15) is 18.2 Å². The number of nitrogens with one attached hydrogen (secondary N) is 2. The van der Waals surface area contributed by atoms with Gasteiger partial charge in [0, 0.05) is 32.3 Å². The Bertz CT molecular complexity index is 433. The summed E-state index contributed by atoms with van der Waals surface area (Å²) in [5.74, 6) is 7.48. The maximum absolute atomic E-state index is 5.45. The molecule has 0 aliphatic carbocycles. The second-order valence-electron chi connectivity index (χ2n) is 5.39. The third-order valence-corrected chi connectivity index (χ3v) is 3.67. The van der Waals surface area contributed by atoms with Crippen molar-refractivity contribution >= 4 is 11.6 Å². The fraction of sp³-hybridized carbons (Fsp3) is 0.714. The van der Waals surface area contributed by atoms with Crippen molar-refractivity contribution in [1.82, 2.24) is 14.9 Å². The molecule has 118 valence electrons. The van der Waals surface area contributed by atoms with E-state index in [2.05, 4.69) is 32.5 Å². The Morgan fingerprint density at radius 1 is 1.33 bits per heavy atom. The van der Waals surface area contributed by atoms with Gasteiger partial charge < -0.3 is 20.4 Å². The highest BCUT2D eigenvalue weighted by Crippen LogP contribution is 2.17. The van der Waals surface area contributed by atoms with Crippen molar-refractivity contribution in [2.24, 2.45) is 5.84 Å². The van der Waals surface area contributed by atoms with Crippen LogP contribution >= 0.6 is 0 Å². The molecule has 7 heteroatoms. The number of aromatic nitrogens is 2. The van der Waals surface area contributed by atoms with Crippen molar-refractivity contribution in [3.8, 4) is 0 Å². The van der Waals surface area contributed by atoms with E-state index < -0.39 is 0 Å². The monoisotopic (exact) mass is 294 g/mol. The first kappa shape index (κ1) is 15.9. The molecule has 21 heavy (non-hydrogen) atoms. The number of piperidine rings is 1. The predicted octanol–water partition coefficient (Wildman–Crippen LogP) is 1.19. The lowest BCUT2D eigenvalue weighted by Gasteiger charge is -2.32. The number of nitrogens with two attached hydrogens (primary N) is 1. The molecule has 0 amide bonds. The van der Waals surface area contributed by atoms with Crippen LogP contribution in [0.1, 0.15) is 32.0 Å². The summed E-state index contributed by atoms with van der Waals surface area (Å²) in [7, 11) is 1.63. The van der Waals surface area contributed by atoms with E-state index in [0.29, 0.717) is 24.3 Å². The molecule has 2 rings (SSSR count). The van der Waals surface area contributed by atoms with Gasteiger partial charge in [0.15, 0.2) is 5.82 Å². The summed E-state index contributed by atoms with van der Waals surface area (Å²) in [6, 6.07) is 2.28. The normalized spacial score (nSPS) is 16.9. The molecule has 1 aliphatic heterocycles. The number of nitrogens with zero attached hydrogens (tertiary/aromatic N) is 3. The maximum Gasteiger partial charge on any atom is 0.158 e. The number of methoxy groups -OCH3 is 1. The number of likely N-dealkylation sites (tertiary alicyclic amines) is 1. The number of rotatable bonds is 7. The van der Waals surface area contributed by atoms with Crippen LogP contribution in [0, 0.1) is 0 Å². The molecule has 1 aliphatic rings. The van der Waals surface area contributed by atoms with Gasteiger partial charge in [0.2, 0.25) is 0 Å². The van der Waals surface area contributed by atoms with E-state index in [1.54, 1.807) is 7.11 Å². The fourth-order valence-electron chi connectivity index (χ4n) is 2.66. The molecule has 0 aromatic carbocycles. The second kappa shape index (κ2) is 8.11. The smallest absolute Gasteiger partial charge is 0.158 e. The van der Waals surface area contributed by atoms with E-state index in [9.17, 15) is 0 Å². The van der Waals surface area contributed by atoms with Crippen LogP contribution in [0.3, 0.4) is 0 Å². The third kappa shape index (κ3) is 4.80. The standard InChI is InChI=1S/C14H26N6O/c1-3-6-20-7-4-11(5-8-20)16-12-9-13(19-15)18-14(17-12)10-21-2/h9,11H,3-8,10,15H2,1-2H3,(H2,16,17,18,19). The van der Waals surface area contributed by atoms with Gasteiger partial charge in [-0.25, -0.2) is 15.8 Å². The molecule has 4 N–H and O–H groups in total. The first-order valence-corrected chi connectivity index (χ1v) is 7.57. The molecule has 1 saturated heterocycles. The highest BCUT2D eigenvalue weighted by Gasteiger charge is 2.19. The molecule has 0 radical (unpaired) electrons. The lowest BCUT2D eigenvalue weighted by molar-refractivity contribution is 0.178. The van der Waals surface area contributed by atoms with Gasteiger partial charge in [0.05, 0.1) is 0 Å². The molecule has 0 spiro atoms. The first-order chi connectivity index (χ1) is 10.2. The number of anilines is 2.